The Labute approximate surface area is 142 Å². The van der Waals surface area contributed by atoms with Crippen LogP contribution in [0.25, 0.3) is 5.82 Å². The lowest BCUT2D eigenvalue weighted by atomic mass is 9.93. The van der Waals surface area contributed by atoms with Gasteiger partial charge in [0.25, 0.3) is 0 Å². The van der Waals surface area contributed by atoms with Gasteiger partial charge >= 0.3 is 0 Å². The average molecular weight is 319 g/mol. The Morgan fingerprint density at radius 2 is 1.92 bits per heavy atom. The van der Waals surface area contributed by atoms with E-state index in [4.69, 9.17) is 4.98 Å². The van der Waals surface area contributed by atoms with Crippen molar-refractivity contribution >= 4 is 0 Å². The maximum absolute atomic E-state index is 4.84. The van der Waals surface area contributed by atoms with Gasteiger partial charge in [-0.25, -0.2) is 9.97 Å². The molecule has 0 amide bonds. The van der Waals surface area contributed by atoms with Crippen molar-refractivity contribution < 1.29 is 0 Å². The Kier molecular flexibility index (Phi) is 4.34. The highest BCUT2D eigenvalue weighted by molar-refractivity contribution is 5.26. The van der Waals surface area contributed by atoms with Gasteiger partial charge < -0.3 is 0 Å². The van der Waals surface area contributed by atoms with Gasteiger partial charge in [-0.3, -0.25) is 14.5 Å². The van der Waals surface area contributed by atoms with Crippen molar-refractivity contribution in [2.75, 3.05) is 13.1 Å². The Morgan fingerprint density at radius 3 is 2.67 bits per heavy atom. The summed E-state index contributed by atoms with van der Waals surface area (Å²) in [4.78, 5) is 15.9. The van der Waals surface area contributed by atoms with E-state index < -0.39 is 0 Å². The summed E-state index contributed by atoms with van der Waals surface area (Å²) >= 11 is 0. The summed E-state index contributed by atoms with van der Waals surface area (Å²) in [5, 5.41) is 0. The predicted molar refractivity (Wildman–Crippen MR) is 92.8 cm³/mol. The molecule has 4 heterocycles. The van der Waals surface area contributed by atoms with Crippen LogP contribution in [0.5, 0.6) is 0 Å². The molecule has 5 nitrogen and oxygen atoms in total. The molecule has 3 aromatic rings. The first-order valence-corrected chi connectivity index (χ1v) is 8.46. The van der Waals surface area contributed by atoms with Crippen LogP contribution in [0, 0.1) is 0 Å². The van der Waals surface area contributed by atoms with Crippen molar-refractivity contribution in [2.24, 2.45) is 0 Å². The van der Waals surface area contributed by atoms with E-state index >= 15 is 0 Å². The maximum Gasteiger partial charge on any atom is 0.138 e. The molecule has 0 aromatic carbocycles. The van der Waals surface area contributed by atoms with Gasteiger partial charge in [0.15, 0.2) is 0 Å². The van der Waals surface area contributed by atoms with Crippen molar-refractivity contribution in [3.63, 3.8) is 0 Å². The zero-order chi connectivity index (χ0) is 16.2. The molecule has 0 bridgehead atoms. The molecule has 0 aliphatic carbocycles. The predicted octanol–water partition coefficient (Wildman–Crippen LogP) is 3.04. The lowest BCUT2D eigenvalue weighted by molar-refractivity contribution is 0.201. The van der Waals surface area contributed by atoms with Crippen LogP contribution in [0.4, 0.5) is 0 Å². The molecule has 0 N–H and O–H groups in total. The lowest BCUT2D eigenvalue weighted by Crippen LogP contribution is -2.33. The van der Waals surface area contributed by atoms with E-state index in [1.54, 1.807) is 12.5 Å². The SMILES string of the molecule is c1ccc(CN2CCC(c3cccc(-n4ccnc4)n3)CC2)nc1. The highest BCUT2D eigenvalue weighted by atomic mass is 15.1. The molecule has 0 atom stereocenters. The monoisotopic (exact) mass is 319 g/mol. The largest absolute Gasteiger partial charge is 0.297 e. The third kappa shape index (κ3) is 3.36. The first-order chi connectivity index (χ1) is 11.9. The number of nitrogens with zero attached hydrogens (tertiary/aromatic N) is 5. The number of piperidine rings is 1. The van der Waals surface area contributed by atoms with E-state index in [0.29, 0.717) is 5.92 Å². The van der Waals surface area contributed by atoms with Gasteiger partial charge in [-0.2, -0.15) is 0 Å². The van der Waals surface area contributed by atoms with Crippen LogP contribution in [0.1, 0.15) is 30.1 Å². The molecule has 24 heavy (non-hydrogen) atoms. The normalized spacial score (nSPS) is 16.3. The summed E-state index contributed by atoms with van der Waals surface area (Å²) in [5.41, 5.74) is 2.34. The Morgan fingerprint density at radius 1 is 1.00 bits per heavy atom. The lowest BCUT2D eigenvalue weighted by Gasteiger charge is -2.31. The van der Waals surface area contributed by atoms with Crippen molar-refractivity contribution in [1.82, 2.24) is 24.4 Å². The van der Waals surface area contributed by atoms with E-state index in [0.717, 1.165) is 44.0 Å². The number of pyridine rings is 2. The second kappa shape index (κ2) is 6.93. The number of likely N-dealkylation sites (tertiary alicyclic amines) is 1. The zero-order valence-electron chi connectivity index (χ0n) is 13.6. The molecular formula is C19H21N5. The van der Waals surface area contributed by atoms with Gasteiger partial charge in [0.05, 0.1) is 5.69 Å². The van der Waals surface area contributed by atoms with E-state index in [1.807, 2.05) is 29.1 Å². The number of rotatable bonds is 4. The summed E-state index contributed by atoms with van der Waals surface area (Å²) in [7, 11) is 0. The second-order valence-corrected chi connectivity index (χ2v) is 6.26. The van der Waals surface area contributed by atoms with Crippen LogP contribution in [0.3, 0.4) is 0 Å². The van der Waals surface area contributed by atoms with E-state index in [2.05, 4.69) is 39.1 Å². The first kappa shape index (κ1) is 15.0. The molecule has 1 fully saturated rings. The molecule has 0 spiro atoms. The molecule has 4 rings (SSSR count). The molecule has 3 aromatic heterocycles. The zero-order valence-corrected chi connectivity index (χ0v) is 13.6. The van der Waals surface area contributed by atoms with Crippen LogP contribution in [-0.2, 0) is 6.54 Å². The third-order valence-electron chi connectivity index (χ3n) is 4.64. The van der Waals surface area contributed by atoms with Crippen LogP contribution in [0.2, 0.25) is 0 Å². The van der Waals surface area contributed by atoms with Gasteiger partial charge in [0, 0.05) is 36.7 Å². The first-order valence-electron chi connectivity index (χ1n) is 8.46. The van der Waals surface area contributed by atoms with Crippen molar-refractivity contribution in [3.05, 3.63) is 72.7 Å². The molecule has 5 heteroatoms. The summed E-state index contributed by atoms with van der Waals surface area (Å²) in [6.07, 6.45) is 9.67. The molecular weight excluding hydrogens is 298 g/mol. The smallest absolute Gasteiger partial charge is 0.138 e. The standard InChI is InChI=1S/C19H21N5/c1-2-9-21-17(4-1)14-23-11-7-16(8-12-23)18-5-3-6-19(22-18)24-13-10-20-15-24/h1-6,9-10,13,15-16H,7-8,11-12,14H2. The number of imidazole rings is 1. The Bertz CT molecular complexity index is 761. The van der Waals surface area contributed by atoms with Gasteiger partial charge in [0.2, 0.25) is 0 Å². The molecule has 122 valence electrons. The van der Waals surface area contributed by atoms with Crippen LogP contribution in [-0.4, -0.2) is 37.5 Å². The van der Waals surface area contributed by atoms with Gasteiger partial charge in [-0.05, 0) is 50.2 Å². The fourth-order valence-electron chi connectivity index (χ4n) is 3.31. The van der Waals surface area contributed by atoms with Crippen molar-refractivity contribution in [2.45, 2.75) is 25.3 Å². The van der Waals surface area contributed by atoms with Crippen LogP contribution < -0.4 is 0 Å². The molecule has 1 aliphatic heterocycles. The summed E-state index contributed by atoms with van der Waals surface area (Å²) in [5.74, 6) is 1.48. The minimum Gasteiger partial charge on any atom is -0.297 e. The van der Waals surface area contributed by atoms with Crippen LogP contribution in [0.15, 0.2) is 61.3 Å². The average Bonchev–Trinajstić information content (AvgIpc) is 3.18. The van der Waals surface area contributed by atoms with Gasteiger partial charge in [-0.15, -0.1) is 0 Å². The van der Waals surface area contributed by atoms with E-state index in [9.17, 15) is 0 Å². The molecule has 1 saturated heterocycles. The summed E-state index contributed by atoms with van der Waals surface area (Å²) in [6, 6.07) is 12.4. The Hall–Kier alpha value is -2.53. The number of hydrogen-bond donors (Lipinski definition) is 0. The minimum atomic E-state index is 0.536. The molecule has 0 saturated carbocycles. The second-order valence-electron chi connectivity index (χ2n) is 6.26. The molecule has 0 radical (unpaired) electrons. The maximum atomic E-state index is 4.84. The Balaban J connectivity index is 1.40. The topological polar surface area (TPSA) is 46.8 Å². The summed E-state index contributed by atoms with van der Waals surface area (Å²) in [6.45, 7) is 3.13. The van der Waals surface area contributed by atoms with E-state index in [1.165, 1.54) is 5.69 Å². The fourth-order valence-corrected chi connectivity index (χ4v) is 3.31. The van der Waals surface area contributed by atoms with Gasteiger partial charge in [-0.1, -0.05) is 12.1 Å². The number of hydrogen-bond acceptors (Lipinski definition) is 4. The van der Waals surface area contributed by atoms with Crippen molar-refractivity contribution in [1.29, 1.82) is 0 Å². The fraction of sp³-hybridized carbons (Fsp3) is 0.316. The highest BCUT2D eigenvalue weighted by Gasteiger charge is 2.22. The van der Waals surface area contributed by atoms with Crippen molar-refractivity contribution in [3.8, 4) is 5.82 Å². The van der Waals surface area contributed by atoms with E-state index in [-0.39, 0.29) is 0 Å². The molecule has 1 aliphatic rings. The quantitative estimate of drug-likeness (QED) is 0.741. The number of aromatic nitrogens is 4. The summed E-state index contributed by atoms with van der Waals surface area (Å²) < 4.78 is 1.96. The van der Waals surface area contributed by atoms with Crippen LogP contribution >= 0.6 is 0 Å². The molecule has 0 unspecified atom stereocenters. The van der Waals surface area contributed by atoms with Gasteiger partial charge in [0.1, 0.15) is 12.1 Å². The third-order valence-corrected chi connectivity index (χ3v) is 4.64. The minimum absolute atomic E-state index is 0.536. The highest BCUT2D eigenvalue weighted by Crippen LogP contribution is 2.27.